The Hall–Kier alpha value is -1.98. The van der Waals surface area contributed by atoms with Gasteiger partial charge in [-0.2, -0.15) is 0 Å². The number of hydrogen-bond acceptors (Lipinski definition) is 4. The summed E-state index contributed by atoms with van der Waals surface area (Å²) >= 11 is 0. The van der Waals surface area contributed by atoms with E-state index < -0.39 is 17.7 Å². The molecule has 1 unspecified atom stereocenters. The highest BCUT2D eigenvalue weighted by Crippen LogP contribution is 2.17. The van der Waals surface area contributed by atoms with Gasteiger partial charge in [0.15, 0.2) is 17.5 Å². The number of nitrogens with zero attached hydrogens (tertiary/aromatic N) is 1. The van der Waals surface area contributed by atoms with E-state index in [2.05, 4.69) is 15.6 Å². The Labute approximate surface area is 192 Å². The lowest BCUT2D eigenvalue weighted by Crippen LogP contribution is -2.40. The van der Waals surface area contributed by atoms with Crippen molar-refractivity contribution in [1.82, 2.24) is 10.6 Å². The number of guanidine groups is 1. The molecule has 0 aliphatic carbocycles. The quantitative estimate of drug-likeness (QED) is 0.179. The summed E-state index contributed by atoms with van der Waals surface area (Å²) < 4.78 is 37.2. The minimum absolute atomic E-state index is 0. The maximum atomic E-state index is 13.5. The first-order chi connectivity index (χ1) is 14.1. The van der Waals surface area contributed by atoms with Crippen molar-refractivity contribution in [3.63, 3.8) is 0 Å². The molecule has 0 saturated heterocycles. The molecule has 0 aromatic heterocycles. The van der Waals surface area contributed by atoms with Crippen molar-refractivity contribution in [2.75, 3.05) is 32.8 Å². The van der Waals surface area contributed by atoms with Crippen molar-refractivity contribution in [3.05, 3.63) is 65.7 Å². The van der Waals surface area contributed by atoms with Crippen LogP contribution in [0, 0.1) is 11.6 Å². The second kappa shape index (κ2) is 14.9. The highest BCUT2D eigenvalue weighted by Gasteiger charge is 2.07. The van der Waals surface area contributed by atoms with E-state index in [1.807, 2.05) is 37.3 Å². The van der Waals surface area contributed by atoms with Gasteiger partial charge in [-0.1, -0.05) is 30.3 Å². The normalized spacial score (nSPS) is 12.1. The van der Waals surface area contributed by atoms with Crippen LogP contribution in [0.1, 0.15) is 12.5 Å². The third-order valence-corrected chi connectivity index (χ3v) is 3.77. The molecule has 0 aliphatic heterocycles. The summed E-state index contributed by atoms with van der Waals surface area (Å²) in [6, 6.07) is 12.9. The Bertz CT molecular complexity index is 766. The van der Waals surface area contributed by atoms with Gasteiger partial charge in [0, 0.05) is 12.6 Å². The largest absolute Gasteiger partial charge is 0.489 e. The van der Waals surface area contributed by atoms with Gasteiger partial charge in [0.05, 0.1) is 32.4 Å². The first kappa shape index (κ1) is 26.1. The summed E-state index contributed by atoms with van der Waals surface area (Å²) in [5.41, 5.74) is 1.04. The van der Waals surface area contributed by atoms with Gasteiger partial charge in [-0.05, 0) is 24.6 Å². The molecule has 6 nitrogen and oxygen atoms in total. The molecule has 0 aliphatic rings. The standard InChI is InChI=1S/C21H27F2N3O3.HI/c1-2-24-21(25-10-11-29-20-9-8-17(22)12-19(20)23)26-13-18(27)15-28-14-16-6-4-3-5-7-16;/h3-9,12,18,27H,2,10-11,13-15H2,1H3,(H2,24,25,26);1H. The van der Waals surface area contributed by atoms with Crippen LogP contribution < -0.4 is 15.4 Å². The average Bonchev–Trinajstić information content (AvgIpc) is 2.71. The van der Waals surface area contributed by atoms with Crippen LogP contribution in [-0.2, 0) is 11.3 Å². The van der Waals surface area contributed by atoms with E-state index in [1.54, 1.807) is 0 Å². The first-order valence-corrected chi connectivity index (χ1v) is 9.48. The third kappa shape index (κ3) is 10.2. The molecule has 0 bridgehead atoms. The maximum Gasteiger partial charge on any atom is 0.191 e. The fourth-order valence-corrected chi connectivity index (χ4v) is 2.40. The van der Waals surface area contributed by atoms with Crippen molar-refractivity contribution in [2.24, 2.45) is 4.99 Å². The van der Waals surface area contributed by atoms with Crippen molar-refractivity contribution in [3.8, 4) is 5.75 Å². The van der Waals surface area contributed by atoms with E-state index in [-0.39, 0.29) is 49.5 Å². The van der Waals surface area contributed by atoms with Crippen molar-refractivity contribution in [1.29, 1.82) is 0 Å². The summed E-state index contributed by atoms with van der Waals surface area (Å²) in [5.74, 6) is -0.913. The van der Waals surface area contributed by atoms with E-state index in [1.165, 1.54) is 6.07 Å². The van der Waals surface area contributed by atoms with E-state index in [0.29, 0.717) is 25.7 Å². The molecule has 0 amide bonds. The second-order valence-corrected chi connectivity index (χ2v) is 6.22. The molecule has 2 aromatic carbocycles. The number of aliphatic imine (C=N–C) groups is 1. The summed E-state index contributed by atoms with van der Waals surface area (Å²) in [7, 11) is 0. The molecule has 9 heteroatoms. The second-order valence-electron chi connectivity index (χ2n) is 6.22. The van der Waals surface area contributed by atoms with Crippen LogP contribution in [-0.4, -0.2) is 50.0 Å². The van der Waals surface area contributed by atoms with Crippen LogP contribution in [0.25, 0.3) is 0 Å². The number of aliphatic hydroxyl groups is 1. The predicted octanol–water partition coefficient (Wildman–Crippen LogP) is 3.09. The highest BCUT2D eigenvalue weighted by atomic mass is 127. The lowest BCUT2D eigenvalue weighted by atomic mass is 10.2. The van der Waals surface area contributed by atoms with Crippen LogP contribution in [0.3, 0.4) is 0 Å². The van der Waals surface area contributed by atoms with E-state index in [0.717, 1.165) is 17.7 Å². The molecule has 166 valence electrons. The molecule has 1 atom stereocenters. The van der Waals surface area contributed by atoms with Crippen LogP contribution in [0.5, 0.6) is 5.75 Å². The van der Waals surface area contributed by atoms with Crippen LogP contribution in [0.2, 0.25) is 0 Å². The molecule has 0 spiro atoms. The van der Waals surface area contributed by atoms with Gasteiger partial charge in [-0.3, -0.25) is 4.99 Å². The monoisotopic (exact) mass is 535 g/mol. The lowest BCUT2D eigenvalue weighted by Gasteiger charge is -2.14. The summed E-state index contributed by atoms with van der Waals surface area (Å²) in [6.45, 7) is 3.83. The van der Waals surface area contributed by atoms with Gasteiger partial charge < -0.3 is 25.2 Å². The summed E-state index contributed by atoms with van der Waals surface area (Å²) in [4.78, 5) is 4.30. The predicted molar refractivity (Wildman–Crippen MR) is 123 cm³/mol. The minimum Gasteiger partial charge on any atom is -0.489 e. The third-order valence-electron chi connectivity index (χ3n) is 3.77. The van der Waals surface area contributed by atoms with E-state index in [4.69, 9.17) is 9.47 Å². The molecule has 3 N–H and O–H groups in total. The molecular formula is C21H28F2IN3O3. The Morgan fingerprint density at radius 2 is 1.90 bits per heavy atom. The zero-order chi connectivity index (χ0) is 20.9. The summed E-state index contributed by atoms with van der Waals surface area (Å²) in [6.07, 6.45) is -0.737. The number of rotatable bonds is 11. The average molecular weight is 535 g/mol. The van der Waals surface area contributed by atoms with E-state index >= 15 is 0 Å². The number of hydrogen-bond donors (Lipinski definition) is 3. The van der Waals surface area contributed by atoms with Crippen LogP contribution in [0.4, 0.5) is 8.78 Å². The molecule has 0 fully saturated rings. The molecule has 2 aromatic rings. The van der Waals surface area contributed by atoms with Gasteiger partial charge in [0.25, 0.3) is 0 Å². The number of benzene rings is 2. The van der Waals surface area contributed by atoms with Gasteiger partial charge in [-0.25, -0.2) is 8.78 Å². The molecule has 30 heavy (non-hydrogen) atoms. The fourth-order valence-electron chi connectivity index (χ4n) is 2.40. The number of nitrogens with one attached hydrogen (secondary N) is 2. The van der Waals surface area contributed by atoms with Gasteiger partial charge >= 0.3 is 0 Å². The number of halogens is 3. The highest BCUT2D eigenvalue weighted by molar-refractivity contribution is 14.0. The summed E-state index contributed by atoms with van der Waals surface area (Å²) in [5, 5.41) is 16.1. The van der Waals surface area contributed by atoms with Crippen molar-refractivity contribution in [2.45, 2.75) is 19.6 Å². The number of aliphatic hydroxyl groups excluding tert-OH is 1. The zero-order valence-electron chi connectivity index (χ0n) is 16.8. The number of ether oxygens (including phenoxy) is 2. The smallest absolute Gasteiger partial charge is 0.191 e. The first-order valence-electron chi connectivity index (χ1n) is 9.48. The minimum atomic E-state index is -0.746. The molecule has 2 rings (SSSR count). The maximum absolute atomic E-state index is 13.5. The fraction of sp³-hybridized carbons (Fsp3) is 0.381. The molecule has 0 heterocycles. The molecule has 0 saturated carbocycles. The SMILES string of the molecule is CCNC(=NCC(O)COCc1ccccc1)NCCOc1ccc(F)cc1F.I. The molecule has 0 radical (unpaired) electrons. The van der Waals surface area contributed by atoms with Gasteiger partial charge in [0.1, 0.15) is 12.4 Å². The Kier molecular flexibility index (Phi) is 13.0. The Balaban J connectivity index is 0.00000450. The van der Waals surface area contributed by atoms with E-state index in [9.17, 15) is 13.9 Å². The van der Waals surface area contributed by atoms with Gasteiger partial charge in [0.2, 0.25) is 0 Å². The molecular weight excluding hydrogens is 507 g/mol. The van der Waals surface area contributed by atoms with Crippen LogP contribution in [0.15, 0.2) is 53.5 Å². The Morgan fingerprint density at radius 1 is 1.13 bits per heavy atom. The zero-order valence-corrected chi connectivity index (χ0v) is 19.1. The lowest BCUT2D eigenvalue weighted by molar-refractivity contribution is 0.0331. The topological polar surface area (TPSA) is 75.1 Å². The van der Waals surface area contributed by atoms with Crippen molar-refractivity contribution >= 4 is 29.9 Å². The Morgan fingerprint density at radius 3 is 2.60 bits per heavy atom. The van der Waals surface area contributed by atoms with Crippen molar-refractivity contribution < 1.29 is 23.4 Å². The van der Waals surface area contributed by atoms with Crippen LogP contribution >= 0.6 is 24.0 Å². The van der Waals surface area contributed by atoms with Gasteiger partial charge in [-0.15, -0.1) is 24.0 Å².